The number of rotatable bonds is 7. The number of hydrogen-bond donors (Lipinski definition) is 2. The second-order valence-corrected chi connectivity index (χ2v) is 5.93. The number of ether oxygens (including phenoxy) is 1. The molecule has 2 N–H and O–H groups in total. The fourth-order valence-corrected chi connectivity index (χ4v) is 2.96. The molecule has 1 aromatic carbocycles. The van der Waals surface area contributed by atoms with Crippen molar-refractivity contribution in [2.24, 2.45) is 0 Å². The number of aryl methyl sites for hydroxylation is 1. The predicted octanol–water partition coefficient (Wildman–Crippen LogP) is 1.67. The summed E-state index contributed by atoms with van der Waals surface area (Å²) < 4.78 is 5.14. The lowest BCUT2D eigenvalue weighted by Gasteiger charge is -2.42. The van der Waals surface area contributed by atoms with E-state index in [2.05, 4.69) is 5.32 Å². The van der Waals surface area contributed by atoms with Gasteiger partial charge in [0.15, 0.2) is 0 Å². The van der Waals surface area contributed by atoms with Crippen molar-refractivity contribution in [2.75, 3.05) is 20.2 Å². The number of carbonyl (C=O) groups is 2. The van der Waals surface area contributed by atoms with E-state index in [1.54, 1.807) is 19.2 Å². The lowest BCUT2D eigenvalue weighted by molar-refractivity contribution is -0.139. The minimum absolute atomic E-state index is 0.0550. The van der Waals surface area contributed by atoms with Crippen LogP contribution in [0.25, 0.3) is 0 Å². The van der Waals surface area contributed by atoms with Crippen LogP contribution in [0.2, 0.25) is 0 Å². The second kappa shape index (κ2) is 7.46. The number of carbonyl (C=O) groups excluding carboxylic acids is 1. The molecule has 1 aliphatic carbocycles. The Balaban J connectivity index is 1.87. The predicted molar refractivity (Wildman–Crippen MR) is 86.9 cm³/mol. The van der Waals surface area contributed by atoms with Crippen molar-refractivity contribution in [2.45, 2.75) is 38.8 Å². The molecule has 6 nitrogen and oxygen atoms in total. The van der Waals surface area contributed by atoms with Gasteiger partial charge in [-0.3, -0.25) is 14.5 Å². The van der Waals surface area contributed by atoms with Gasteiger partial charge in [-0.05, 0) is 50.1 Å². The number of hydrogen-bond acceptors (Lipinski definition) is 4. The minimum Gasteiger partial charge on any atom is -0.497 e. The van der Waals surface area contributed by atoms with Crippen LogP contribution in [0.15, 0.2) is 18.2 Å². The summed E-state index contributed by atoms with van der Waals surface area (Å²) in [5.74, 6) is -0.168. The number of amides is 1. The Morgan fingerprint density at radius 2 is 2.09 bits per heavy atom. The maximum Gasteiger partial charge on any atom is 0.317 e. The number of benzene rings is 1. The highest BCUT2D eigenvalue weighted by atomic mass is 16.5. The van der Waals surface area contributed by atoms with Gasteiger partial charge < -0.3 is 15.2 Å². The number of carboxylic acid groups (broad SMARTS) is 1. The second-order valence-electron chi connectivity index (χ2n) is 5.93. The molecular formula is C17H24N2O4. The third kappa shape index (κ3) is 4.22. The molecule has 0 spiro atoms. The van der Waals surface area contributed by atoms with Crippen molar-refractivity contribution in [3.8, 4) is 5.75 Å². The van der Waals surface area contributed by atoms with Crippen LogP contribution >= 0.6 is 0 Å². The molecule has 6 heteroatoms. The van der Waals surface area contributed by atoms with Gasteiger partial charge >= 0.3 is 5.97 Å². The molecule has 0 bridgehead atoms. The molecule has 0 aliphatic heterocycles. The lowest BCUT2D eigenvalue weighted by Crippen LogP contribution is -2.54. The summed E-state index contributed by atoms with van der Waals surface area (Å²) in [5.41, 5.74) is 1.52. The van der Waals surface area contributed by atoms with E-state index >= 15 is 0 Å². The molecule has 1 fully saturated rings. The van der Waals surface area contributed by atoms with Crippen molar-refractivity contribution in [3.63, 3.8) is 0 Å². The Labute approximate surface area is 136 Å². The van der Waals surface area contributed by atoms with Gasteiger partial charge in [0.2, 0.25) is 0 Å². The summed E-state index contributed by atoms with van der Waals surface area (Å²) in [6.07, 6.45) is 1.59. The van der Waals surface area contributed by atoms with Gasteiger partial charge in [0.05, 0.1) is 13.7 Å². The summed E-state index contributed by atoms with van der Waals surface area (Å²) in [6.45, 7) is 4.59. The number of likely N-dealkylation sites (N-methyl/N-ethyl adjacent to an activating group) is 1. The van der Waals surface area contributed by atoms with Gasteiger partial charge in [0, 0.05) is 17.6 Å². The van der Waals surface area contributed by atoms with Gasteiger partial charge in [-0.25, -0.2) is 0 Å². The summed E-state index contributed by atoms with van der Waals surface area (Å²) in [4.78, 5) is 25.1. The lowest BCUT2D eigenvalue weighted by atomic mass is 9.85. The average Bonchev–Trinajstić information content (AvgIpc) is 2.47. The molecular weight excluding hydrogens is 296 g/mol. The van der Waals surface area contributed by atoms with Gasteiger partial charge in [-0.15, -0.1) is 0 Å². The first-order valence-electron chi connectivity index (χ1n) is 7.86. The summed E-state index contributed by atoms with van der Waals surface area (Å²) >= 11 is 0. The molecule has 2 rings (SSSR count). The molecule has 1 aliphatic rings. The van der Waals surface area contributed by atoms with Crippen molar-refractivity contribution in [3.05, 3.63) is 29.3 Å². The molecule has 126 valence electrons. The first-order chi connectivity index (χ1) is 10.9. The number of methoxy groups -OCH3 is 1. The molecule has 1 amide bonds. The van der Waals surface area contributed by atoms with Crippen molar-refractivity contribution in [1.29, 1.82) is 0 Å². The standard InChI is InChI=1S/C17H24N2O4/c1-4-19(10-16(20)21)13-8-12(9-13)18-17(22)15-6-5-14(23-3)7-11(15)2/h5-7,12-13H,4,8-10H2,1-3H3,(H,18,22)(H,20,21). The van der Waals surface area contributed by atoms with Crippen molar-refractivity contribution in [1.82, 2.24) is 10.2 Å². The number of nitrogens with one attached hydrogen (secondary N) is 1. The van der Waals surface area contributed by atoms with Crippen LogP contribution < -0.4 is 10.1 Å². The van der Waals surface area contributed by atoms with Crippen molar-refractivity contribution < 1.29 is 19.4 Å². The monoisotopic (exact) mass is 320 g/mol. The van der Waals surface area contributed by atoms with Gasteiger partial charge in [-0.1, -0.05) is 6.92 Å². The number of carboxylic acids is 1. The highest BCUT2D eigenvalue weighted by Crippen LogP contribution is 2.26. The molecule has 23 heavy (non-hydrogen) atoms. The molecule has 0 heterocycles. The maximum absolute atomic E-state index is 12.3. The molecule has 0 unspecified atom stereocenters. The average molecular weight is 320 g/mol. The Morgan fingerprint density at radius 3 is 2.61 bits per heavy atom. The zero-order valence-corrected chi connectivity index (χ0v) is 13.8. The minimum atomic E-state index is -0.812. The van der Waals surface area contributed by atoms with E-state index in [-0.39, 0.29) is 24.5 Å². The van der Waals surface area contributed by atoms with Crippen LogP contribution in [0.3, 0.4) is 0 Å². The molecule has 0 aromatic heterocycles. The Bertz CT molecular complexity index is 582. The van der Waals surface area contributed by atoms with Crippen LogP contribution in [-0.2, 0) is 4.79 Å². The molecule has 0 radical (unpaired) electrons. The van der Waals surface area contributed by atoms with Crippen LogP contribution in [0.5, 0.6) is 5.75 Å². The Kier molecular flexibility index (Phi) is 5.60. The molecule has 1 aromatic rings. The van der Waals surface area contributed by atoms with E-state index < -0.39 is 5.97 Å². The smallest absolute Gasteiger partial charge is 0.317 e. The highest BCUT2D eigenvalue weighted by molar-refractivity contribution is 5.96. The third-order valence-corrected chi connectivity index (χ3v) is 4.39. The van der Waals surface area contributed by atoms with Crippen LogP contribution in [0, 0.1) is 6.92 Å². The number of nitrogens with zero attached hydrogens (tertiary/aromatic N) is 1. The van der Waals surface area contributed by atoms with E-state index in [1.807, 2.05) is 24.8 Å². The SMILES string of the molecule is CCN(CC(=O)O)C1CC(NC(=O)c2ccc(OC)cc2C)C1. The Morgan fingerprint density at radius 1 is 1.39 bits per heavy atom. The van der Waals surface area contributed by atoms with E-state index in [4.69, 9.17) is 9.84 Å². The van der Waals surface area contributed by atoms with Gasteiger partial charge in [-0.2, -0.15) is 0 Å². The largest absolute Gasteiger partial charge is 0.497 e. The zero-order valence-electron chi connectivity index (χ0n) is 13.8. The molecule has 1 saturated carbocycles. The van der Waals surface area contributed by atoms with Crippen LogP contribution in [0.4, 0.5) is 0 Å². The maximum atomic E-state index is 12.3. The number of aliphatic carboxylic acids is 1. The summed E-state index contributed by atoms with van der Waals surface area (Å²) in [5, 5.41) is 11.9. The quantitative estimate of drug-likeness (QED) is 0.799. The zero-order chi connectivity index (χ0) is 17.0. The van der Waals surface area contributed by atoms with Gasteiger partial charge in [0.1, 0.15) is 5.75 Å². The van der Waals surface area contributed by atoms with Crippen molar-refractivity contribution >= 4 is 11.9 Å². The molecule has 0 atom stereocenters. The van der Waals surface area contributed by atoms with Gasteiger partial charge in [0.25, 0.3) is 5.91 Å². The normalized spacial score (nSPS) is 20.0. The summed E-state index contributed by atoms with van der Waals surface area (Å²) in [7, 11) is 1.60. The van der Waals surface area contributed by atoms with E-state index in [9.17, 15) is 9.59 Å². The summed E-state index contributed by atoms with van der Waals surface area (Å²) in [6, 6.07) is 5.72. The highest BCUT2D eigenvalue weighted by Gasteiger charge is 2.34. The van der Waals surface area contributed by atoms with Crippen LogP contribution in [0.1, 0.15) is 35.7 Å². The van der Waals surface area contributed by atoms with Crippen LogP contribution in [-0.4, -0.2) is 54.2 Å². The fourth-order valence-electron chi connectivity index (χ4n) is 2.96. The Hall–Kier alpha value is -2.08. The van der Waals surface area contributed by atoms with E-state index in [0.717, 1.165) is 24.2 Å². The van der Waals surface area contributed by atoms with E-state index in [1.165, 1.54) is 0 Å². The first-order valence-corrected chi connectivity index (χ1v) is 7.86. The first kappa shape index (κ1) is 17.3. The topological polar surface area (TPSA) is 78.9 Å². The third-order valence-electron chi connectivity index (χ3n) is 4.39. The molecule has 0 saturated heterocycles. The fraction of sp³-hybridized carbons (Fsp3) is 0.529. The van der Waals surface area contributed by atoms with E-state index in [0.29, 0.717) is 12.1 Å².